The highest BCUT2D eigenvalue weighted by Crippen LogP contribution is 2.26. The fourth-order valence-corrected chi connectivity index (χ4v) is 3.34. The lowest BCUT2D eigenvalue weighted by Crippen LogP contribution is -2.42. The quantitative estimate of drug-likeness (QED) is 0.886. The first-order valence-corrected chi connectivity index (χ1v) is 8.36. The minimum Gasteiger partial charge on any atom is -0.480 e. The van der Waals surface area contributed by atoms with E-state index in [0.717, 1.165) is 10.6 Å². The van der Waals surface area contributed by atoms with Crippen LogP contribution in [0.1, 0.15) is 30.8 Å². The number of amides is 1. The second kappa shape index (κ2) is 6.82. The molecule has 1 amide bonds. The predicted molar refractivity (Wildman–Crippen MR) is 83.9 cm³/mol. The summed E-state index contributed by atoms with van der Waals surface area (Å²) < 4.78 is 0. The van der Waals surface area contributed by atoms with Crippen molar-refractivity contribution in [1.29, 1.82) is 0 Å². The van der Waals surface area contributed by atoms with Gasteiger partial charge in [0, 0.05) is 22.4 Å². The molecule has 0 aromatic carbocycles. The normalized spacial score (nSPS) is 12.1. The smallest absolute Gasteiger partial charge is 0.323 e. The SMILES string of the molecule is CCC(C)N(CC(=O)O)C(=O)c1csc(-c2ccsc2)n1. The van der Waals surface area contributed by atoms with Crippen molar-refractivity contribution in [2.75, 3.05) is 6.54 Å². The molecule has 2 rings (SSSR count). The zero-order chi connectivity index (χ0) is 15.4. The molecule has 1 unspecified atom stereocenters. The third-order valence-electron chi connectivity index (χ3n) is 3.18. The molecular formula is C14H16N2O3S2. The average molecular weight is 324 g/mol. The van der Waals surface area contributed by atoms with Crippen LogP contribution in [0.15, 0.2) is 22.2 Å². The number of carbonyl (C=O) groups excluding carboxylic acids is 1. The number of aromatic nitrogens is 1. The number of thiazole rings is 1. The Morgan fingerprint density at radius 2 is 2.19 bits per heavy atom. The van der Waals surface area contributed by atoms with E-state index in [2.05, 4.69) is 4.98 Å². The summed E-state index contributed by atoms with van der Waals surface area (Å²) in [5, 5.41) is 15.4. The van der Waals surface area contributed by atoms with Gasteiger partial charge in [-0.3, -0.25) is 9.59 Å². The van der Waals surface area contributed by atoms with Gasteiger partial charge in [0.25, 0.3) is 5.91 Å². The molecule has 1 N–H and O–H groups in total. The van der Waals surface area contributed by atoms with Crippen molar-refractivity contribution in [3.05, 3.63) is 27.9 Å². The Kier molecular flexibility index (Phi) is 5.08. The van der Waals surface area contributed by atoms with Gasteiger partial charge < -0.3 is 10.0 Å². The van der Waals surface area contributed by atoms with E-state index in [1.54, 1.807) is 16.7 Å². The minimum atomic E-state index is -1.02. The molecule has 0 aliphatic carbocycles. The third-order valence-corrected chi connectivity index (χ3v) is 4.76. The van der Waals surface area contributed by atoms with Gasteiger partial charge >= 0.3 is 5.97 Å². The fourth-order valence-electron chi connectivity index (χ4n) is 1.83. The van der Waals surface area contributed by atoms with Crippen LogP contribution in [0, 0.1) is 0 Å². The van der Waals surface area contributed by atoms with Crippen LogP contribution < -0.4 is 0 Å². The van der Waals surface area contributed by atoms with E-state index < -0.39 is 5.97 Å². The molecule has 2 heterocycles. The maximum atomic E-state index is 12.5. The van der Waals surface area contributed by atoms with Crippen molar-refractivity contribution in [2.24, 2.45) is 0 Å². The summed E-state index contributed by atoms with van der Waals surface area (Å²) in [4.78, 5) is 29.1. The number of carboxylic acids is 1. The standard InChI is InChI=1S/C14H16N2O3S2/c1-3-9(2)16(6-12(17)18)14(19)11-8-21-13(15-11)10-4-5-20-7-10/h4-5,7-9H,3,6H2,1-2H3,(H,17,18). The summed E-state index contributed by atoms with van der Waals surface area (Å²) in [6.07, 6.45) is 0.695. The number of thiophene rings is 1. The molecule has 2 aromatic heterocycles. The van der Waals surface area contributed by atoms with Crippen LogP contribution in [0.3, 0.4) is 0 Å². The van der Waals surface area contributed by atoms with Crippen LogP contribution in [0.4, 0.5) is 0 Å². The van der Waals surface area contributed by atoms with E-state index in [1.807, 2.05) is 30.7 Å². The molecule has 0 bridgehead atoms. The largest absolute Gasteiger partial charge is 0.480 e. The molecule has 5 nitrogen and oxygen atoms in total. The van der Waals surface area contributed by atoms with Crippen LogP contribution in [0.25, 0.3) is 10.6 Å². The molecule has 0 radical (unpaired) electrons. The molecule has 1 atom stereocenters. The van der Waals surface area contributed by atoms with E-state index in [-0.39, 0.29) is 18.5 Å². The molecule has 2 aromatic rings. The molecule has 0 saturated carbocycles. The summed E-state index contributed by atoms with van der Waals surface area (Å²) in [5.41, 5.74) is 1.29. The van der Waals surface area contributed by atoms with E-state index in [4.69, 9.17) is 5.11 Å². The maximum Gasteiger partial charge on any atom is 0.323 e. The molecule has 7 heteroatoms. The summed E-state index contributed by atoms with van der Waals surface area (Å²) in [6, 6.07) is 1.81. The van der Waals surface area contributed by atoms with Crippen molar-refractivity contribution < 1.29 is 14.7 Å². The van der Waals surface area contributed by atoms with Crippen LogP contribution in [0.2, 0.25) is 0 Å². The molecule has 21 heavy (non-hydrogen) atoms. The third kappa shape index (κ3) is 3.68. The first-order chi connectivity index (χ1) is 10.0. The van der Waals surface area contributed by atoms with Gasteiger partial charge in [0.05, 0.1) is 0 Å². The topological polar surface area (TPSA) is 70.5 Å². The Hall–Kier alpha value is -1.73. The van der Waals surface area contributed by atoms with Gasteiger partial charge in [-0.15, -0.1) is 11.3 Å². The maximum absolute atomic E-state index is 12.5. The van der Waals surface area contributed by atoms with Crippen molar-refractivity contribution >= 4 is 34.6 Å². The minimum absolute atomic E-state index is 0.139. The molecule has 0 fully saturated rings. The second-order valence-corrected chi connectivity index (χ2v) is 6.27. The molecule has 0 aliphatic rings. The fraction of sp³-hybridized carbons (Fsp3) is 0.357. The van der Waals surface area contributed by atoms with Crippen LogP contribution in [-0.2, 0) is 4.79 Å². The van der Waals surface area contributed by atoms with Gasteiger partial charge in [-0.1, -0.05) is 6.92 Å². The van der Waals surface area contributed by atoms with Gasteiger partial charge in [-0.2, -0.15) is 11.3 Å². The van der Waals surface area contributed by atoms with Gasteiger partial charge in [0.2, 0.25) is 0 Å². The van der Waals surface area contributed by atoms with Gasteiger partial charge in [-0.05, 0) is 24.8 Å². The average Bonchev–Trinajstić information content (AvgIpc) is 3.12. The Morgan fingerprint density at radius 3 is 2.76 bits per heavy atom. The lowest BCUT2D eigenvalue weighted by molar-refractivity contribution is -0.138. The summed E-state index contributed by atoms with van der Waals surface area (Å²) in [5.74, 6) is -1.35. The van der Waals surface area contributed by atoms with Crippen molar-refractivity contribution in [2.45, 2.75) is 26.3 Å². The summed E-state index contributed by atoms with van der Waals surface area (Å²) >= 11 is 2.96. The summed E-state index contributed by atoms with van der Waals surface area (Å²) in [7, 11) is 0. The predicted octanol–water partition coefficient (Wildman–Crippen LogP) is 3.20. The van der Waals surface area contributed by atoms with Crippen molar-refractivity contribution in [1.82, 2.24) is 9.88 Å². The lowest BCUT2D eigenvalue weighted by Gasteiger charge is -2.26. The lowest BCUT2D eigenvalue weighted by atomic mass is 10.2. The number of hydrogen-bond donors (Lipinski definition) is 1. The van der Waals surface area contributed by atoms with E-state index >= 15 is 0 Å². The molecule has 0 saturated heterocycles. The molecule has 0 spiro atoms. The zero-order valence-electron chi connectivity index (χ0n) is 11.8. The van der Waals surface area contributed by atoms with Gasteiger partial charge in [-0.25, -0.2) is 4.98 Å². The molecular weight excluding hydrogens is 308 g/mol. The molecule has 112 valence electrons. The van der Waals surface area contributed by atoms with E-state index in [9.17, 15) is 9.59 Å². The first-order valence-electron chi connectivity index (χ1n) is 6.53. The number of carbonyl (C=O) groups is 2. The van der Waals surface area contributed by atoms with E-state index in [1.165, 1.54) is 16.2 Å². The second-order valence-electron chi connectivity index (χ2n) is 4.63. The molecule has 0 aliphatic heterocycles. The Labute approximate surface area is 130 Å². The number of aliphatic carboxylic acids is 1. The highest BCUT2D eigenvalue weighted by molar-refractivity contribution is 7.14. The highest BCUT2D eigenvalue weighted by atomic mass is 32.1. The zero-order valence-corrected chi connectivity index (χ0v) is 13.4. The number of nitrogens with zero attached hydrogens (tertiary/aromatic N) is 2. The van der Waals surface area contributed by atoms with Gasteiger partial charge in [0.1, 0.15) is 17.2 Å². The Balaban J connectivity index is 2.22. The monoisotopic (exact) mass is 324 g/mol. The highest BCUT2D eigenvalue weighted by Gasteiger charge is 2.25. The summed E-state index contributed by atoms with van der Waals surface area (Å²) in [6.45, 7) is 3.46. The van der Waals surface area contributed by atoms with Crippen LogP contribution >= 0.6 is 22.7 Å². The Bertz CT molecular complexity index is 622. The first kappa shape index (κ1) is 15.7. The van der Waals surface area contributed by atoms with Crippen LogP contribution in [0.5, 0.6) is 0 Å². The number of rotatable bonds is 6. The number of carboxylic acid groups (broad SMARTS) is 1. The van der Waals surface area contributed by atoms with Crippen molar-refractivity contribution in [3.8, 4) is 10.6 Å². The number of hydrogen-bond acceptors (Lipinski definition) is 5. The van der Waals surface area contributed by atoms with Gasteiger partial charge in [0.15, 0.2) is 0 Å². The Morgan fingerprint density at radius 1 is 1.43 bits per heavy atom. The van der Waals surface area contributed by atoms with Crippen LogP contribution in [-0.4, -0.2) is 39.5 Å². The van der Waals surface area contributed by atoms with E-state index in [0.29, 0.717) is 12.1 Å². The van der Waals surface area contributed by atoms with Crippen molar-refractivity contribution in [3.63, 3.8) is 0 Å².